The van der Waals surface area contributed by atoms with Crippen LogP contribution in [-0.4, -0.2) is 20.1 Å². The molecule has 0 heterocycles. The van der Waals surface area contributed by atoms with Crippen LogP contribution in [0.4, 0.5) is 10.1 Å². The quantitative estimate of drug-likeness (QED) is 0.643. The van der Waals surface area contributed by atoms with Gasteiger partial charge in [-0.15, -0.1) is 11.6 Å². The van der Waals surface area contributed by atoms with E-state index in [4.69, 9.17) is 11.6 Å². The predicted octanol–water partition coefficient (Wildman–Crippen LogP) is 2.89. The third-order valence-electron chi connectivity index (χ3n) is 2.19. The van der Waals surface area contributed by atoms with Gasteiger partial charge >= 0.3 is 0 Å². The largest absolute Gasteiger partial charge is 0.281 e. The number of sulfonamides is 1. The van der Waals surface area contributed by atoms with Crippen LogP contribution in [0.2, 0.25) is 0 Å². The first-order chi connectivity index (χ1) is 7.94. The summed E-state index contributed by atoms with van der Waals surface area (Å²) in [6, 6.07) is 4.36. The second kappa shape index (κ2) is 6.21. The number of nitrogens with one attached hydrogen (secondary N) is 1. The molecule has 0 amide bonds. The monoisotopic (exact) mass is 279 g/mol. The summed E-state index contributed by atoms with van der Waals surface area (Å²) in [6.45, 7) is 1.74. The van der Waals surface area contributed by atoms with Crippen molar-refractivity contribution < 1.29 is 12.8 Å². The number of unbranched alkanes of at least 4 members (excludes halogenated alkanes) is 1. The van der Waals surface area contributed by atoms with Gasteiger partial charge in [0, 0.05) is 5.88 Å². The minimum Gasteiger partial charge on any atom is -0.281 e. The van der Waals surface area contributed by atoms with Crippen LogP contribution in [0.15, 0.2) is 18.2 Å². The molecule has 1 aromatic carbocycles. The summed E-state index contributed by atoms with van der Waals surface area (Å²) in [4.78, 5) is 0. The fourth-order valence-corrected chi connectivity index (χ4v) is 2.68. The summed E-state index contributed by atoms with van der Waals surface area (Å²) >= 11 is 5.46. The molecule has 0 aliphatic rings. The first-order valence-corrected chi connectivity index (χ1v) is 7.46. The Hall–Kier alpha value is -0.810. The lowest BCUT2D eigenvalue weighted by Crippen LogP contribution is -2.17. The number of halogens is 2. The van der Waals surface area contributed by atoms with Crippen LogP contribution in [-0.2, 0) is 10.0 Å². The maximum absolute atomic E-state index is 13.4. The zero-order valence-corrected chi connectivity index (χ0v) is 11.1. The Kier molecular flexibility index (Phi) is 5.21. The third kappa shape index (κ3) is 4.91. The Labute approximate surface area is 106 Å². The standard InChI is InChI=1S/C11H15ClFNO2S/c1-9-4-5-11(10(13)8-9)14-17(15,16)7-3-2-6-12/h4-5,8,14H,2-3,6-7H2,1H3. The average Bonchev–Trinajstić information content (AvgIpc) is 2.22. The molecule has 0 bridgehead atoms. The van der Waals surface area contributed by atoms with Gasteiger partial charge < -0.3 is 0 Å². The van der Waals surface area contributed by atoms with Crippen molar-refractivity contribution in [3.63, 3.8) is 0 Å². The van der Waals surface area contributed by atoms with E-state index in [2.05, 4.69) is 4.72 Å². The van der Waals surface area contributed by atoms with E-state index in [9.17, 15) is 12.8 Å². The molecule has 3 nitrogen and oxygen atoms in total. The van der Waals surface area contributed by atoms with Gasteiger partial charge in [0.25, 0.3) is 0 Å². The van der Waals surface area contributed by atoms with Gasteiger partial charge in [-0.3, -0.25) is 4.72 Å². The fraction of sp³-hybridized carbons (Fsp3) is 0.455. The molecule has 0 saturated heterocycles. The Morgan fingerprint density at radius 1 is 1.35 bits per heavy atom. The predicted molar refractivity (Wildman–Crippen MR) is 68.5 cm³/mol. The highest BCUT2D eigenvalue weighted by Gasteiger charge is 2.12. The average molecular weight is 280 g/mol. The second-order valence-electron chi connectivity index (χ2n) is 3.80. The highest BCUT2D eigenvalue weighted by Crippen LogP contribution is 2.17. The third-order valence-corrected chi connectivity index (χ3v) is 3.81. The first kappa shape index (κ1) is 14.3. The van der Waals surface area contributed by atoms with Gasteiger partial charge in [-0.05, 0) is 37.5 Å². The van der Waals surface area contributed by atoms with E-state index in [1.165, 1.54) is 12.1 Å². The maximum Gasteiger partial charge on any atom is 0.232 e. The van der Waals surface area contributed by atoms with Crippen molar-refractivity contribution >= 4 is 27.3 Å². The number of aryl methyl sites for hydroxylation is 1. The number of hydrogen-bond donors (Lipinski definition) is 1. The van der Waals surface area contributed by atoms with E-state index < -0.39 is 15.8 Å². The van der Waals surface area contributed by atoms with Crippen molar-refractivity contribution in [1.82, 2.24) is 0 Å². The van der Waals surface area contributed by atoms with Crippen LogP contribution in [0.25, 0.3) is 0 Å². The van der Waals surface area contributed by atoms with Gasteiger partial charge in [-0.25, -0.2) is 12.8 Å². The van der Waals surface area contributed by atoms with E-state index in [0.29, 0.717) is 18.7 Å². The van der Waals surface area contributed by atoms with Gasteiger partial charge in [-0.2, -0.15) is 0 Å². The molecule has 0 saturated carbocycles. The van der Waals surface area contributed by atoms with E-state index in [1.807, 2.05) is 0 Å². The maximum atomic E-state index is 13.4. The normalized spacial score (nSPS) is 11.5. The molecule has 0 aliphatic carbocycles. The lowest BCUT2D eigenvalue weighted by Gasteiger charge is -2.08. The van der Waals surface area contributed by atoms with Gasteiger partial charge in [0.15, 0.2) is 0 Å². The highest BCUT2D eigenvalue weighted by molar-refractivity contribution is 7.92. The summed E-state index contributed by atoms with van der Waals surface area (Å²) in [7, 11) is -3.49. The van der Waals surface area contributed by atoms with Crippen molar-refractivity contribution in [2.75, 3.05) is 16.4 Å². The molecule has 96 valence electrons. The van der Waals surface area contributed by atoms with Gasteiger partial charge in [0.1, 0.15) is 5.82 Å². The van der Waals surface area contributed by atoms with E-state index in [1.54, 1.807) is 13.0 Å². The molecule has 1 N–H and O–H groups in total. The van der Waals surface area contributed by atoms with E-state index >= 15 is 0 Å². The molecule has 0 aliphatic heterocycles. The Morgan fingerprint density at radius 3 is 2.65 bits per heavy atom. The number of hydrogen-bond acceptors (Lipinski definition) is 2. The second-order valence-corrected chi connectivity index (χ2v) is 6.02. The molecule has 6 heteroatoms. The van der Waals surface area contributed by atoms with Crippen LogP contribution in [0.3, 0.4) is 0 Å². The molecular weight excluding hydrogens is 265 g/mol. The van der Waals surface area contributed by atoms with E-state index in [-0.39, 0.29) is 11.4 Å². The summed E-state index contributed by atoms with van der Waals surface area (Å²) < 4.78 is 38.8. The molecular formula is C11H15ClFNO2S. The van der Waals surface area contributed by atoms with Gasteiger partial charge in [0.05, 0.1) is 11.4 Å². The number of benzene rings is 1. The minimum atomic E-state index is -3.49. The van der Waals surface area contributed by atoms with Crippen molar-refractivity contribution in [1.29, 1.82) is 0 Å². The minimum absolute atomic E-state index is 0.0125. The topological polar surface area (TPSA) is 46.2 Å². The zero-order chi connectivity index (χ0) is 12.9. The highest BCUT2D eigenvalue weighted by atomic mass is 35.5. The van der Waals surface area contributed by atoms with Gasteiger partial charge in [0.2, 0.25) is 10.0 Å². The summed E-state index contributed by atoms with van der Waals surface area (Å²) in [5.74, 6) is -0.188. The number of rotatable bonds is 6. The molecule has 0 radical (unpaired) electrons. The van der Waals surface area contributed by atoms with Crippen LogP contribution in [0.5, 0.6) is 0 Å². The van der Waals surface area contributed by atoms with Gasteiger partial charge in [-0.1, -0.05) is 6.07 Å². The molecule has 0 atom stereocenters. The molecule has 1 aromatic rings. The summed E-state index contributed by atoms with van der Waals surface area (Å²) in [5, 5.41) is 0. The Balaban J connectivity index is 2.69. The first-order valence-electron chi connectivity index (χ1n) is 5.27. The molecule has 0 spiro atoms. The van der Waals surface area contributed by atoms with Crippen LogP contribution in [0, 0.1) is 12.7 Å². The van der Waals surface area contributed by atoms with Crippen molar-refractivity contribution in [2.24, 2.45) is 0 Å². The molecule has 0 fully saturated rings. The lowest BCUT2D eigenvalue weighted by atomic mass is 10.2. The molecule has 0 unspecified atom stereocenters. The number of anilines is 1. The van der Waals surface area contributed by atoms with Crippen molar-refractivity contribution in [3.8, 4) is 0 Å². The van der Waals surface area contributed by atoms with Crippen molar-refractivity contribution in [3.05, 3.63) is 29.6 Å². The molecule has 17 heavy (non-hydrogen) atoms. The molecule has 0 aromatic heterocycles. The van der Waals surface area contributed by atoms with Crippen LogP contribution in [0.1, 0.15) is 18.4 Å². The van der Waals surface area contributed by atoms with Crippen molar-refractivity contribution in [2.45, 2.75) is 19.8 Å². The van der Waals surface area contributed by atoms with Crippen LogP contribution >= 0.6 is 11.6 Å². The SMILES string of the molecule is Cc1ccc(NS(=O)(=O)CCCCCl)c(F)c1. The fourth-order valence-electron chi connectivity index (χ4n) is 1.31. The summed E-state index contributed by atoms with van der Waals surface area (Å²) in [6.07, 6.45) is 1.09. The zero-order valence-electron chi connectivity index (χ0n) is 9.54. The lowest BCUT2D eigenvalue weighted by molar-refractivity contribution is 0.595. The van der Waals surface area contributed by atoms with Crippen LogP contribution < -0.4 is 4.72 Å². The summed E-state index contributed by atoms with van der Waals surface area (Å²) in [5.41, 5.74) is 0.731. The molecule has 1 rings (SSSR count). The Bertz CT molecular complexity index is 476. The van der Waals surface area contributed by atoms with E-state index in [0.717, 1.165) is 5.56 Å². The smallest absolute Gasteiger partial charge is 0.232 e. The number of alkyl halides is 1. The Morgan fingerprint density at radius 2 is 2.06 bits per heavy atom.